The van der Waals surface area contributed by atoms with Gasteiger partial charge in [-0.1, -0.05) is 25.1 Å². The van der Waals surface area contributed by atoms with E-state index in [2.05, 4.69) is 36.2 Å². The number of aromatic nitrogens is 3. The maximum Gasteiger partial charge on any atom is 0.233 e. The van der Waals surface area contributed by atoms with Gasteiger partial charge >= 0.3 is 0 Å². The largest absolute Gasteiger partial charge is 0.337 e. The summed E-state index contributed by atoms with van der Waals surface area (Å²) in [7, 11) is 1.89. The number of rotatable bonds is 8. The number of unbranched alkanes of at least 4 members (excludes halogenated alkanes) is 1. The van der Waals surface area contributed by atoms with Crippen LogP contribution in [-0.4, -0.2) is 37.9 Å². The van der Waals surface area contributed by atoms with Crippen molar-refractivity contribution in [1.82, 2.24) is 19.7 Å². The summed E-state index contributed by atoms with van der Waals surface area (Å²) in [5, 5.41) is 8.61. The molecule has 0 spiro atoms. The van der Waals surface area contributed by atoms with E-state index >= 15 is 0 Å². The fourth-order valence-corrected chi connectivity index (χ4v) is 3.72. The lowest BCUT2D eigenvalue weighted by Crippen LogP contribution is -2.32. The van der Waals surface area contributed by atoms with E-state index in [9.17, 15) is 4.79 Å². The molecule has 0 saturated carbocycles. The number of nitrogens with zero attached hydrogens (tertiary/aromatic N) is 4. The topological polar surface area (TPSA) is 51.0 Å². The number of hydrogen-bond acceptors (Lipinski definition) is 5. The highest BCUT2D eigenvalue weighted by atomic mass is 32.2. The summed E-state index contributed by atoms with van der Waals surface area (Å²) in [5.74, 6) is 0.563. The molecule has 5 nitrogen and oxygen atoms in total. The molecule has 2 rings (SSSR count). The van der Waals surface area contributed by atoms with Crippen LogP contribution < -0.4 is 0 Å². The Morgan fingerprint density at radius 2 is 2.27 bits per heavy atom. The van der Waals surface area contributed by atoms with Crippen molar-refractivity contribution >= 4 is 29.0 Å². The third-order valence-electron chi connectivity index (χ3n) is 3.27. The van der Waals surface area contributed by atoms with Gasteiger partial charge in [-0.3, -0.25) is 4.79 Å². The molecule has 0 fully saturated rings. The lowest BCUT2D eigenvalue weighted by molar-refractivity contribution is -0.129. The van der Waals surface area contributed by atoms with Crippen LogP contribution in [0.5, 0.6) is 0 Å². The van der Waals surface area contributed by atoms with E-state index in [4.69, 9.17) is 0 Å². The molecule has 120 valence electrons. The Hall–Kier alpha value is -1.34. The number of hydrogen-bond donors (Lipinski definition) is 0. The van der Waals surface area contributed by atoms with E-state index in [1.165, 1.54) is 21.5 Å². The maximum atomic E-state index is 12.5. The molecule has 1 amide bonds. The lowest BCUT2D eigenvalue weighted by Gasteiger charge is -2.21. The molecule has 0 N–H and O–H groups in total. The molecule has 0 aliphatic carbocycles. The number of carbonyl (C=O) groups is 1. The second kappa shape index (κ2) is 8.33. The molecule has 22 heavy (non-hydrogen) atoms. The summed E-state index contributed by atoms with van der Waals surface area (Å²) in [6.07, 6.45) is 3.77. The molecular weight excluding hydrogens is 316 g/mol. The summed E-state index contributed by atoms with van der Waals surface area (Å²) in [6.45, 7) is 5.75. The average molecular weight is 339 g/mol. The molecular formula is C15H22N4OS2. The third kappa shape index (κ3) is 4.84. The molecule has 0 bridgehead atoms. The summed E-state index contributed by atoms with van der Waals surface area (Å²) >= 11 is 3.20. The number of amides is 1. The SMILES string of the molecule is CCCCN(Cc1ccc(C)s1)C(=O)CSc1nncn1C. The van der Waals surface area contributed by atoms with E-state index in [0.717, 1.165) is 24.5 Å². The van der Waals surface area contributed by atoms with Crippen LogP contribution in [0.2, 0.25) is 0 Å². The van der Waals surface area contributed by atoms with Crippen LogP contribution in [0.3, 0.4) is 0 Å². The van der Waals surface area contributed by atoms with Crippen molar-refractivity contribution in [1.29, 1.82) is 0 Å². The monoisotopic (exact) mass is 338 g/mol. The van der Waals surface area contributed by atoms with Gasteiger partial charge in [0, 0.05) is 23.3 Å². The highest BCUT2D eigenvalue weighted by molar-refractivity contribution is 7.99. The third-order valence-corrected chi connectivity index (χ3v) is 5.28. The number of aryl methyl sites for hydroxylation is 2. The summed E-state index contributed by atoms with van der Waals surface area (Å²) in [5.41, 5.74) is 0. The Bertz CT molecular complexity index is 608. The summed E-state index contributed by atoms with van der Waals surface area (Å²) in [4.78, 5) is 17.0. The Balaban J connectivity index is 1.94. The van der Waals surface area contributed by atoms with E-state index in [-0.39, 0.29) is 5.91 Å². The van der Waals surface area contributed by atoms with Gasteiger partial charge in [0.25, 0.3) is 0 Å². The van der Waals surface area contributed by atoms with Crippen LogP contribution in [0.4, 0.5) is 0 Å². The normalized spacial score (nSPS) is 10.9. The molecule has 0 aromatic carbocycles. The molecule has 2 heterocycles. The predicted octanol–water partition coefficient (Wildman–Crippen LogP) is 3.11. The zero-order valence-electron chi connectivity index (χ0n) is 13.3. The maximum absolute atomic E-state index is 12.5. The molecule has 0 saturated heterocycles. The average Bonchev–Trinajstić information content (AvgIpc) is 3.09. The van der Waals surface area contributed by atoms with Crippen molar-refractivity contribution in [2.75, 3.05) is 12.3 Å². The van der Waals surface area contributed by atoms with E-state index in [1.54, 1.807) is 17.7 Å². The molecule has 7 heteroatoms. The van der Waals surface area contributed by atoms with Crippen LogP contribution in [-0.2, 0) is 18.4 Å². The van der Waals surface area contributed by atoms with Gasteiger partial charge in [0.1, 0.15) is 6.33 Å². The number of thiophene rings is 1. The zero-order valence-corrected chi connectivity index (χ0v) is 14.9. The highest BCUT2D eigenvalue weighted by Gasteiger charge is 2.16. The Kier molecular flexibility index (Phi) is 6.45. The molecule has 2 aromatic rings. The Labute approximate surface area is 139 Å². The first-order valence-corrected chi connectivity index (χ1v) is 9.20. The van der Waals surface area contributed by atoms with Gasteiger partial charge in [0.15, 0.2) is 5.16 Å². The second-order valence-corrected chi connectivity index (χ2v) is 7.51. The van der Waals surface area contributed by atoms with Crippen molar-refractivity contribution in [2.24, 2.45) is 7.05 Å². The quantitative estimate of drug-likeness (QED) is 0.694. The Morgan fingerprint density at radius 3 is 2.86 bits per heavy atom. The van der Waals surface area contributed by atoms with Gasteiger partial charge in [0.2, 0.25) is 5.91 Å². The van der Waals surface area contributed by atoms with E-state index in [0.29, 0.717) is 12.3 Å². The minimum Gasteiger partial charge on any atom is -0.337 e. The summed E-state index contributed by atoms with van der Waals surface area (Å²) < 4.78 is 1.83. The molecule has 0 aliphatic rings. The first-order valence-electron chi connectivity index (χ1n) is 7.40. The van der Waals surface area contributed by atoms with Gasteiger partial charge in [-0.05, 0) is 25.5 Å². The van der Waals surface area contributed by atoms with Crippen LogP contribution in [0.25, 0.3) is 0 Å². The van der Waals surface area contributed by atoms with Gasteiger partial charge in [-0.2, -0.15) is 0 Å². The number of carbonyl (C=O) groups excluding carboxylic acids is 1. The van der Waals surface area contributed by atoms with Crippen LogP contribution in [0.15, 0.2) is 23.6 Å². The zero-order chi connectivity index (χ0) is 15.9. The van der Waals surface area contributed by atoms with Crippen molar-refractivity contribution in [3.8, 4) is 0 Å². The second-order valence-electron chi connectivity index (χ2n) is 5.19. The van der Waals surface area contributed by atoms with Gasteiger partial charge in [0.05, 0.1) is 12.3 Å². The molecule has 0 radical (unpaired) electrons. The number of thioether (sulfide) groups is 1. The highest BCUT2D eigenvalue weighted by Crippen LogP contribution is 2.19. The molecule has 0 aliphatic heterocycles. The smallest absolute Gasteiger partial charge is 0.233 e. The lowest BCUT2D eigenvalue weighted by atomic mass is 10.3. The first-order chi connectivity index (χ1) is 10.6. The van der Waals surface area contributed by atoms with Gasteiger partial charge < -0.3 is 9.47 Å². The fourth-order valence-electron chi connectivity index (χ4n) is 2.02. The fraction of sp³-hybridized carbons (Fsp3) is 0.533. The molecule has 0 unspecified atom stereocenters. The van der Waals surface area contributed by atoms with Crippen molar-refractivity contribution in [2.45, 2.75) is 38.4 Å². The van der Waals surface area contributed by atoms with Crippen molar-refractivity contribution in [3.05, 3.63) is 28.2 Å². The van der Waals surface area contributed by atoms with Crippen molar-refractivity contribution < 1.29 is 4.79 Å². The summed E-state index contributed by atoms with van der Waals surface area (Å²) in [6, 6.07) is 4.22. The minimum absolute atomic E-state index is 0.160. The standard InChI is InChI=1S/C15H22N4OS2/c1-4-5-8-19(9-13-7-6-12(2)22-13)14(20)10-21-15-17-16-11-18(15)3/h6-7,11H,4-5,8-10H2,1-3H3. The van der Waals surface area contributed by atoms with Crippen LogP contribution in [0.1, 0.15) is 29.5 Å². The molecule has 2 aromatic heterocycles. The van der Waals surface area contributed by atoms with Crippen molar-refractivity contribution in [3.63, 3.8) is 0 Å². The predicted molar refractivity (Wildman–Crippen MR) is 91.1 cm³/mol. The van der Waals surface area contributed by atoms with Gasteiger partial charge in [-0.15, -0.1) is 21.5 Å². The van der Waals surface area contributed by atoms with E-state index in [1.807, 2.05) is 16.5 Å². The molecule has 0 atom stereocenters. The van der Waals surface area contributed by atoms with Crippen LogP contribution >= 0.6 is 23.1 Å². The first kappa shape index (κ1) is 17.0. The minimum atomic E-state index is 0.160. The van der Waals surface area contributed by atoms with E-state index < -0.39 is 0 Å². The van der Waals surface area contributed by atoms with Crippen LogP contribution in [0, 0.1) is 6.92 Å². The Morgan fingerprint density at radius 1 is 1.45 bits per heavy atom. The van der Waals surface area contributed by atoms with Gasteiger partial charge in [-0.25, -0.2) is 0 Å².